The molecule has 1 atom stereocenters. The van der Waals surface area contributed by atoms with Gasteiger partial charge in [0.1, 0.15) is 37.3 Å². The number of hydrogen-bond acceptors (Lipinski definition) is 9. The maximum atomic E-state index is 10.7. The molecule has 0 unspecified atom stereocenters. The van der Waals surface area contributed by atoms with Crippen LogP contribution in [0.25, 0.3) is 22.6 Å². The maximum Gasteiger partial charge on any atom is 0.283 e. The number of nitrogens with zero attached hydrogens (tertiary/aromatic N) is 3. The topological polar surface area (TPSA) is 103 Å². The number of β-amino-alcohol motifs (C(OH)–C–C–N with tert-alkyl or cyclic N) is 1. The van der Waals surface area contributed by atoms with Gasteiger partial charge >= 0.3 is 0 Å². The number of ether oxygens (including phenoxy) is 3. The Balaban J connectivity index is 0.00000280. The second kappa shape index (κ2) is 11.0. The molecule has 2 aromatic heterocycles. The van der Waals surface area contributed by atoms with Crippen molar-refractivity contribution in [2.24, 2.45) is 0 Å². The minimum Gasteiger partial charge on any atom is -0.490 e. The molecule has 4 heterocycles. The first kappa shape index (κ1) is 25.4. The molecule has 0 spiro atoms. The number of aryl methyl sites for hydroxylation is 1. The summed E-state index contributed by atoms with van der Waals surface area (Å²) in [6, 6.07) is 13.7. The molecule has 1 saturated heterocycles. The molecule has 1 N–H and O–H groups in total. The Morgan fingerprint density at radius 3 is 2.62 bits per heavy atom. The highest BCUT2D eigenvalue weighted by atomic mass is 35.5. The highest BCUT2D eigenvalue weighted by molar-refractivity contribution is 5.87. The summed E-state index contributed by atoms with van der Waals surface area (Å²) in [5.74, 6) is 4.10. The molecule has 10 heteroatoms. The van der Waals surface area contributed by atoms with Crippen LogP contribution in [0.5, 0.6) is 17.2 Å². The van der Waals surface area contributed by atoms with Gasteiger partial charge in [-0.15, -0.1) is 22.6 Å². The summed E-state index contributed by atoms with van der Waals surface area (Å²) in [5, 5.41) is 19.4. The number of halogens is 1. The molecule has 0 bridgehead atoms. The minimum atomic E-state index is -0.601. The van der Waals surface area contributed by atoms with Crippen LogP contribution in [-0.2, 0) is 0 Å². The number of aliphatic hydroxyl groups excluding tert-OH is 1. The molecule has 6 rings (SSSR count). The van der Waals surface area contributed by atoms with Crippen LogP contribution >= 0.6 is 12.4 Å². The number of hydrogen-bond donors (Lipinski definition) is 1. The van der Waals surface area contributed by atoms with Gasteiger partial charge in [-0.2, -0.15) is 0 Å². The zero-order valence-electron chi connectivity index (χ0n) is 20.6. The van der Waals surface area contributed by atoms with Crippen molar-refractivity contribution in [2.75, 3.05) is 39.5 Å². The Hall–Kier alpha value is -3.27. The summed E-state index contributed by atoms with van der Waals surface area (Å²) < 4.78 is 28.7. The van der Waals surface area contributed by atoms with Gasteiger partial charge in [0, 0.05) is 19.5 Å². The molecule has 0 amide bonds. The molecule has 2 aliphatic rings. The Morgan fingerprint density at radius 2 is 1.84 bits per heavy atom. The molecule has 0 saturated carbocycles. The molecule has 4 aromatic rings. The van der Waals surface area contributed by atoms with E-state index in [2.05, 4.69) is 27.2 Å². The third-order valence-corrected chi connectivity index (χ3v) is 6.78. The third-order valence-electron chi connectivity index (χ3n) is 6.78. The lowest BCUT2D eigenvalue weighted by Gasteiger charge is -2.33. The first-order chi connectivity index (χ1) is 17.6. The molecule has 37 heavy (non-hydrogen) atoms. The van der Waals surface area contributed by atoms with E-state index in [4.69, 9.17) is 23.0 Å². The van der Waals surface area contributed by atoms with Crippen molar-refractivity contribution < 1.29 is 28.2 Å². The van der Waals surface area contributed by atoms with E-state index in [1.54, 1.807) is 6.92 Å². The van der Waals surface area contributed by atoms with E-state index in [0.29, 0.717) is 54.6 Å². The zero-order valence-corrected chi connectivity index (χ0v) is 21.4. The summed E-state index contributed by atoms with van der Waals surface area (Å²) in [7, 11) is 0. The molecular weight excluding hydrogens is 498 g/mol. The lowest BCUT2D eigenvalue weighted by Crippen LogP contribution is -2.40. The second-order valence-corrected chi connectivity index (χ2v) is 9.35. The fourth-order valence-electron chi connectivity index (χ4n) is 4.96. The van der Waals surface area contributed by atoms with Crippen molar-refractivity contribution in [3.63, 3.8) is 0 Å². The Labute approximate surface area is 220 Å². The van der Waals surface area contributed by atoms with Gasteiger partial charge < -0.3 is 33.1 Å². The van der Waals surface area contributed by atoms with E-state index in [0.717, 1.165) is 42.8 Å². The molecule has 1 fully saturated rings. The van der Waals surface area contributed by atoms with E-state index in [9.17, 15) is 5.11 Å². The van der Waals surface area contributed by atoms with Crippen molar-refractivity contribution in [3.8, 4) is 28.9 Å². The van der Waals surface area contributed by atoms with Crippen molar-refractivity contribution in [3.05, 3.63) is 53.9 Å². The van der Waals surface area contributed by atoms with Crippen LogP contribution in [0.15, 0.2) is 51.3 Å². The third kappa shape index (κ3) is 5.53. The van der Waals surface area contributed by atoms with Gasteiger partial charge in [0.05, 0.1) is 5.39 Å². The van der Waals surface area contributed by atoms with Crippen LogP contribution in [0, 0.1) is 6.92 Å². The quantitative estimate of drug-likeness (QED) is 0.369. The monoisotopic (exact) mass is 527 g/mol. The van der Waals surface area contributed by atoms with Crippen LogP contribution in [0.3, 0.4) is 0 Å². The minimum absolute atomic E-state index is 0. The average molecular weight is 528 g/mol. The highest BCUT2D eigenvalue weighted by Gasteiger charge is 2.24. The lowest BCUT2D eigenvalue weighted by molar-refractivity contribution is 0.0599. The van der Waals surface area contributed by atoms with Gasteiger partial charge in [-0.1, -0.05) is 12.1 Å². The van der Waals surface area contributed by atoms with Gasteiger partial charge in [0.15, 0.2) is 17.3 Å². The summed E-state index contributed by atoms with van der Waals surface area (Å²) in [6.45, 7) is 5.57. The van der Waals surface area contributed by atoms with E-state index < -0.39 is 6.10 Å². The number of fused-ring (bicyclic) bond motifs is 2. The second-order valence-electron chi connectivity index (χ2n) is 9.35. The number of aliphatic hydroxyl groups is 1. The van der Waals surface area contributed by atoms with Crippen LogP contribution in [0.2, 0.25) is 0 Å². The van der Waals surface area contributed by atoms with Gasteiger partial charge in [0.2, 0.25) is 5.89 Å². The highest BCUT2D eigenvalue weighted by Crippen LogP contribution is 2.36. The van der Waals surface area contributed by atoms with E-state index in [1.165, 1.54) is 5.56 Å². The number of furan rings is 1. The first-order valence-corrected chi connectivity index (χ1v) is 12.4. The fourth-order valence-corrected chi connectivity index (χ4v) is 4.96. The summed E-state index contributed by atoms with van der Waals surface area (Å²) in [4.78, 5) is 2.30. The zero-order chi connectivity index (χ0) is 24.5. The maximum absolute atomic E-state index is 10.7. The van der Waals surface area contributed by atoms with Crippen LogP contribution in [-0.4, -0.2) is 65.8 Å². The average Bonchev–Trinajstić information content (AvgIpc) is 3.54. The van der Waals surface area contributed by atoms with E-state index >= 15 is 0 Å². The molecule has 196 valence electrons. The lowest BCUT2D eigenvalue weighted by atomic mass is 9.89. The van der Waals surface area contributed by atoms with Crippen molar-refractivity contribution in [2.45, 2.75) is 31.8 Å². The molecule has 2 aromatic carbocycles. The van der Waals surface area contributed by atoms with Crippen molar-refractivity contribution in [1.82, 2.24) is 15.1 Å². The van der Waals surface area contributed by atoms with Crippen molar-refractivity contribution >= 4 is 23.4 Å². The molecule has 9 nitrogen and oxygen atoms in total. The number of benzene rings is 2. The van der Waals surface area contributed by atoms with Gasteiger partial charge in [-0.05, 0) is 61.7 Å². The first-order valence-electron chi connectivity index (χ1n) is 12.4. The Bertz CT molecular complexity index is 1350. The van der Waals surface area contributed by atoms with Gasteiger partial charge in [0.25, 0.3) is 5.89 Å². The number of rotatable bonds is 7. The normalized spacial score (nSPS) is 16.9. The molecule has 0 aliphatic carbocycles. The predicted octanol–water partition coefficient (Wildman–Crippen LogP) is 4.60. The smallest absolute Gasteiger partial charge is 0.283 e. The SMILES string of the molecule is Cc1nnc(-c2cc3c(OC[C@@H](O)CN4CCC(c5ccc6c(c5)OCCO6)CC4)cccc3o2)o1.Cl. The Kier molecular flexibility index (Phi) is 7.55. The predicted molar refractivity (Wildman–Crippen MR) is 139 cm³/mol. The Morgan fingerprint density at radius 1 is 1.03 bits per heavy atom. The fraction of sp³-hybridized carbons (Fsp3) is 0.407. The van der Waals surface area contributed by atoms with Gasteiger partial charge in [-0.3, -0.25) is 0 Å². The summed E-state index contributed by atoms with van der Waals surface area (Å²) >= 11 is 0. The van der Waals surface area contributed by atoms with Gasteiger partial charge in [-0.25, -0.2) is 0 Å². The van der Waals surface area contributed by atoms with Crippen LogP contribution < -0.4 is 14.2 Å². The molecular formula is C27H30ClN3O6. The number of piperidine rings is 1. The standard InChI is InChI=1S/C27H29N3O6.ClH/c1-17-28-29-27(35-17)26-14-21-22(3-2-4-23(21)36-26)34-16-20(31)15-30-9-7-18(8-10-30)19-5-6-24-25(13-19)33-12-11-32-24;/h2-6,13-14,18,20,31H,7-12,15-16H2,1H3;1H/t20-;/m0./s1. The number of likely N-dealkylation sites (tertiary alicyclic amines) is 1. The van der Waals surface area contributed by atoms with E-state index in [1.807, 2.05) is 30.3 Å². The van der Waals surface area contributed by atoms with Crippen molar-refractivity contribution in [1.29, 1.82) is 0 Å². The largest absolute Gasteiger partial charge is 0.490 e. The molecule has 2 aliphatic heterocycles. The summed E-state index contributed by atoms with van der Waals surface area (Å²) in [6.07, 6.45) is 1.48. The van der Waals surface area contributed by atoms with Crippen LogP contribution in [0.4, 0.5) is 0 Å². The molecule has 0 radical (unpaired) electrons. The number of aromatic nitrogens is 2. The summed E-state index contributed by atoms with van der Waals surface area (Å²) in [5.41, 5.74) is 1.96. The van der Waals surface area contributed by atoms with Crippen LogP contribution in [0.1, 0.15) is 30.2 Å². The van der Waals surface area contributed by atoms with E-state index in [-0.39, 0.29) is 19.0 Å².